The second-order valence-electron chi connectivity index (χ2n) is 4.66. The monoisotopic (exact) mass is 271 g/mol. The lowest BCUT2D eigenvalue weighted by molar-refractivity contribution is 0.308. The van der Waals surface area contributed by atoms with Crippen LogP contribution in [-0.4, -0.2) is 13.7 Å². The molecule has 3 heteroatoms. The minimum Gasteiger partial charge on any atom is -0.497 e. The highest BCUT2D eigenvalue weighted by atomic mass is 16.5. The molecule has 0 aliphatic rings. The van der Waals surface area contributed by atoms with E-state index in [9.17, 15) is 0 Å². The molecule has 0 spiro atoms. The molecule has 0 aliphatic heterocycles. The lowest BCUT2D eigenvalue weighted by Gasteiger charge is -2.10. The number of hydrogen-bond acceptors (Lipinski definition) is 3. The zero-order valence-corrected chi connectivity index (χ0v) is 11.8. The van der Waals surface area contributed by atoms with Crippen molar-refractivity contribution in [3.05, 3.63) is 59.7 Å². The largest absolute Gasteiger partial charge is 0.497 e. The predicted octanol–water partition coefficient (Wildman–Crippen LogP) is 3.17. The van der Waals surface area contributed by atoms with Gasteiger partial charge >= 0.3 is 0 Å². The zero-order valence-electron chi connectivity index (χ0n) is 11.8. The summed E-state index contributed by atoms with van der Waals surface area (Å²) in [6, 6.07) is 16.2. The first kappa shape index (κ1) is 14.4. The number of benzene rings is 2. The minimum absolute atomic E-state index is 0.484. The van der Waals surface area contributed by atoms with E-state index < -0.39 is 0 Å². The van der Waals surface area contributed by atoms with E-state index >= 15 is 0 Å². The van der Waals surface area contributed by atoms with Crippen LogP contribution >= 0.6 is 0 Å². The van der Waals surface area contributed by atoms with Crippen molar-refractivity contribution in [2.45, 2.75) is 19.4 Å². The fraction of sp³-hybridized carbons (Fsp3) is 0.294. The van der Waals surface area contributed by atoms with Gasteiger partial charge in [-0.2, -0.15) is 0 Å². The molecule has 0 aromatic heterocycles. The molecule has 2 aromatic rings. The van der Waals surface area contributed by atoms with Crippen LogP contribution in [0.2, 0.25) is 0 Å². The fourth-order valence-electron chi connectivity index (χ4n) is 2.06. The first-order chi connectivity index (χ1) is 9.81. The smallest absolute Gasteiger partial charge is 0.123 e. The van der Waals surface area contributed by atoms with Gasteiger partial charge in [0.05, 0.1) is 13.7 Å². The molecule has 2 rings (SSSR count). The Morgan fingerprint density at radius 1 is 0.950 bits per heavy atom. The summed E-state index contributed by atoms with van der Waals surface area (Å²) >= 11 is 0. The number of aryl methyl sites for hydroxylation is 1. The van der Waals surface area contributed by atoms with Crippen LogP contribution in [0.3, 0.4) is 0 Å². The van der Waals surface area contributed by atoms with Gasteiger partial charge in [-0.1, -0.05) is 30.3 Å². The number of hydrogen-bond donors (Lipinski definition) is 1. The summed E-state index contributed by atoms with van der Waals surface area (Å²) in [6.07, 6.45) is 2.01. The number of rotatable bonds is 7. The summed E-state index contributed by atoms with van der Waals surface area (Å²) in [5.41, 5.74) is 8.02. The Kier molecular flexibility index (Phi) is 5.44. The number of methoxy groups -OCH3 is 1. The summed E-state index contributed by atoms with van der Waals surface area (Å²) in [5, 5.41) is 0. The average molecular weight is 271 g/mol. The molecule has 2 aromatic carbocycles. The lowest BCUT2D eigenvalue weighted by atomic mass is 10.1. The molecule has 2 N–H and O–H groups in total. The Labute approximate surface area is 120 Å². The molecule has 0 atom stereocenters. The van der Waals surface area contributed by atoms with Crippen molar-refractivity contribution in [1.29, 1.82) is 0 Å². The number of nitrogens with two attached hydrogens (primary N) is 1. The first-order valence-electron chi connectivity index (χ1n) is 6.86. The molecule has 106 valence electrons. The van der Waals surface area contributed by atoms with Crippen LogP contribution in [0, 0.1) is 0 Å². The van der Waals surface area contributed by atoms with Gasteiger partial charge in [-0.15, -0.1) is 0 Å². The zero-order chi connectivity index (χ0) is 14.2. The second kappa shape index (κ2) is 7.56. The van der Waals surface area contributed by atoms with E-state index in [0.29, 0.717) is 13.2 Å². The van der Waals surface area contributed by atoms with E-state index in [4.69, 9.17) is 15.2 Å². The highest BCUT2D eigenvalue weighted by Crippen LogP contribution is 2.22. The van der Waals surface area contributed by atoms with Crippen molar-refractivity contribution in [2.75, 3.05) is 13.7 Å². The van der Waals surface area contributed by atoms with E-state index in [-0.39, 0.29) is 0 Å². The van der Waals surface area contributed by atoms with Crippen molar-refractivity contribution >= 4 is 0 Å². The molecule has 0 heterocycles. The molecular weight excluding hydrogens is 250 g/mol. The van der Waals surface area contributed by atoms with Crippen LogP contribution in [-0.2, 0) is 13.0 Å². The molecule has 3 nitrogen and oxygen atoms in total. The lowest BCUT2D eigenvalue weighted by Crippen LogP contribution is -2.02. The van der Waals surface area contributed by atoms with Crippen molar-refractivity contribution in [1.82, 2.24) is 0 Å². The van der Waals surface area contributed by atoms with E-state index in [1.807, 2.05) is 24.3 Å². The van der Waals surface area contributed by atoms with Gasteiger partial charge in [0.25, 0.3) is 0 Å². The maximum atomic E-state index is 5.78. The van der Waals surface area contributed by atoms with Crippen LogP contribution in [0.15, 0.2) is 48.5 Å². The molecule has 0 unspecified atom stereocenters. The van der Waals surface area contributed by atoms with Gasteiger partial charge < -0.3 is 15.2 Å². The Morgan fingerprint density at radius 2 is 1.70 bits per heavy atom. The van der Waals surface area contributed by atoms with Gasteiger partial charge in [-0.05, 0) is 36.1 Å². The van der Waals surface area contributed by atoms with Gasteiger partial charge in [-0.25, -0.2) is 0 Å². The van der Waals surface area contributed by atoms with Gasteiger partial charge in [0.1, 0.15) is 11.5 Å². The van der Waals surface area contributed by atoms with Crippen molar-refractivity contribution in [2.24, 2.45) is 5.73 Å². The SMILES string of the molecule is COc1cc(CN)cc(OCCCc2ccccc2)c1. The Bertz CT molecular complexity index is 504. The van der Waals surface area contributed by atoms with Crippen LogP contribution in [0.4, 0.5) is 0 Å². The highest BCUT2D eigenvalue weighted by Gasteiger charge is 2.01. The summed E-state index contributed by atoms with van der Waals surface area (Å²) in [7, 11) is 1.65. The predicted molar refractivity (Wildman–Crippen MR) is 81.1 cm³/mol. The van der Waals surface area contributed by atoms with Crippen LogP contribution < -0.4 is 15.2 Å². The van der Waals surface area contributed by atoms with Gasteiger partial charge in [0.2, 0.25) is 0 Å². The molecule has 0 aliphatic carbocycles. The maximum Gasteiger partial charge on any atom is 0.123 e. The fourth-order valence-corrected chi connectivity index (χ4v) is 2.06. The van der Waals surface area contributed by atoms with Crippen molar-refractivity contribution in [3.63, 3.8) is 0 Å². The second-order valence-corrected chi connectivity index (χ2v) is 4.66. The van der Waals surface area contributed by atoms with Crippen molar-refractivity contribution in [3.8, 4) is 11.5 Å². The topological polar surface area (TPSA) is 44.5 Å². The van der Waals surface area contributed by atoms with Crippen LogP contribution in [0.25, 0.3) is 0 Å². The molecule has 0 fully saturated rings. The van der Waals surface area contributed by atoms with E-state index in [2.05, 4.69) is 24.3 Å². The molecule has 20 heavy (non-hydrogen) atoms. The maximum absolute atomic E-state index is 5.78. The molecule has 0 radical (unpaired) electrons. The Hall–Kier alpha value is -2.00. The third kappa shape index (κ3) is 4.28. The first-order valence-corrected chi connectivity index (χ1v) is 6.86. The molecule has 0 amide bonds. The van der Waals surface area contributed by atoms with Crippen molar-refractivity contribution < 1.29 is 9.47 Å². The quantitative estimate of drug-likeness (QED) is 0.787. The molecule has 0 bridgehead atoms. The Morgan fingerprint density at radius 3 is 2.40 bits per heavy atom. The molecular formula is C17H21NO2. The van der Waals surface area contributed by atoms with Gasteiger partial charge in [0, 0.05) is 12.6 Å². The highest BCUT2D eigenvalue weighted by molar-refractivity contribution is 5.38. The summed E-state index contributed by atoms with van der Waals surface area (Å²) < 4.78 is 11.0. The van der Waals surface area contributed by atoms with Crippen LogP contribution in [0.1, 0.15) is 17.5 Å². The Balaban J connectivity index is 1.84. The van der Waals surface area contributed by atoms with E-state index in [0.717, 1.165) is 29.9 Å². The van der Waals surface area contributed by atoms with Crippen LogP contribution in [0.5, 0.6) is 11.5 Å². The van der Waals surface area contributed by atoms with Gasteiger partial charge in [0.15, 0.2) is 0 Å². The normalized spacial score (nSPS) is 10.3. The van der Waals surface area contributed by atoms with Gasteiger partial charge in [-0.3, -0.25) is 0 Å². The molecule has 0 saturated carbocycles. The summed E-state index contributed by atoms with van der Waals surface area (Å²) in [6.45, 7) is 1.17. The van der Waals surface area contributed by atoms with E-state index in [1.165, 1.54) is 5.56 Å². The standard InChI is InChI=1S/C17H21NO2/c1-19-16-10-15(13-18)11-17(12-16)20-9-5-8-14-6-3-2-4-7-14/h2-4,6-7,10-12H,5,8-9,13,18H2,1H3. The minimum atomic E-state index is 0.484. The third-order valence-electron chi connectivity index (χ3n) is 3.13. The third-order valence-corrected chi connectivity index (χ3v) is 3.13. The average Bonchev–Trinajstić information content (AvgIpc) is 2.52. The molecule has 0 saturated heterocycles. The summed E-state index contributed by atoms with van der Waals surface area (Å²) in [4.78, 5) is 0. The number of ether oxygens (including phenoxy) is 2. The summed E-state index contributed by atoms with van der Waals surface area (Å²) in [5.74, 6) is 1.60. The van der Waals surface area contributed by atoms with E-state index in [1.54, 1.807) is 7.11 Å².